The lowest BCUT2D eigenvalue weighted by Crippen LogP contribution is -2.47. The average molecular weight is 404 g/mol. The number of alkyl carbamates (subject to hydrolysis) is 1. The smallest absolute Gasteiger partial charge is 0.407 e. The maximum atomic E-state index is 12.7. The summed E-state index contributed by atoms with van der Waals surface area (Å²) in [4.78, 5) is 26.8. The molecule has 0 aromatic heterocycles. The molecular weight excluding hydrogens is 366 g/mol. The van der Waals surface area contributed by atoms with Crippen LogP contribution in [0, 0.1) is 17.8 Å². The Morgan fingerprint density at radius 1 is 1.14 bits per heavy atom. The molecule has 0 radical (unpaired) electrons. The molecule has 6 nitrogen and oxygen atoms in total. The summed E-state index contributed by atoms with van der Waals surface area (Å²) >= 11 is 0. The fourth-order valence-electron chi connectivity index (χ4n) is 4.26. The highest BCUT2D eigenvalue weighted by atomic mass is 16.5. The van der Waals surface area contributed by atoms with Crippen molar-refractivity contribution >= 4 is 12.0 Å². The van der Waals surface area contributed by atoms with Crippen molar-refractivity contribution in [3.05, 3.63) is 35.4 Å². The first-order valence-corrected chi connectivity index (χ1v) is 10.7. The van der Waals surface area contributed by atoms with E-state index in [4.69, 9.17) is 0 Å². The zero-order valence-electron chi connectivity index (χ0n) is 18.5. The van der Waals surface area contributed by atoms with E-state index < -0.39 is 12.1 Å². The number of amides is 2. The van der Waals surface area contributed by atoms with Gasteiger partial charge in [0.05, 0.1) is 7.11 Å². The first kappa shape index (κ1) is 23.2. The number of piperidine rings is 1. The minimum Gasteiger partial charge on any atom is -0.453 e. The van der Waals surface area contributed by atoms with Gasteiger partial charge in [-0.05, 0) is 41.7 Å². The zero-order valence-corrected chi connectivity index (χ0v) is 18.5. The van der Waals surface area contributed by atoms with Crippen molar-refractivity contribution < 1.29 is 14.3 Å². The highest BCUT2D eigenvalue weighted by Gasteiger charge is 2.24. The maximum absolute atomic E-state index is 12.7. The molecule has 1 heterocycles. The van der Waals surface area contributed by atoms with Crippen molar-refractivity contribution in [3.8, 4) is 0 Å². The molecule has 2 N–H and O–H groups in total. The Kier molecular flexibility index (Phi) is 8.96. The summed E-state index contributed by atoms with van der Waals surface area (Å²) in [7, 11) is 1.30. The highest BCUT2D eigenvalue weighted by Crippen LogP contribution is 2.23. The minimum atomic E-state index is -0.599. The lowest BCUT2D eigenvalue weighted by molar-refractivity contribution is -0.123. The summed E-state index contributed by atoms with van der Waals surface area (Å²) in [5.74, 6) is 1.52. The Morgan fingerprint density at radius 2 is 1.76 bits per heavy atom. The molecule has 6 heteroatoms. The van der Waals surface area contributed by atoms with E-state index in [-0.39, 0.29) is 11.8 Å². The maximum Gasteiger partial charge on any atom is 0.407 e. The number of nitrogens with zero attached hydrogens (tertiary/aromatic N) is 1. The molecule has 3 unspecified atom stereocenters. The Hall–Kier alpha value is -2.08. The predicted molar refractivity (Wildman–Crippen MR) is 115 cm³/mol. The zero-order chi connectivity index (χ0) is 21.4. The van der Waals surface area contributed by atoms with E-state index in [0.29, 0.717) is 24.8 Å². The van der Waals surface area contributed by atoms with E-state index in [1.807, 2.05) is 19.9 Å². The number of rotatable bonds is 8. The van der Waals surface area contributed by atoms with Gasteiger partial charge in [-0.3, -0.25) is 9.69 Å². The second kappa shape index (κ2) is 11.2. The van der Waals surface area contributed by atoms with Gasteiger partial charge in [-0.2, -0.15) is 0 Å². The Labute approximate surface area is 175 Å². The number of likely N-dealkylation sites (tertiary alicyclic amines) is 1. The lowest BCUT2D eigenvalue weighted by Gasteiger charge is -2.35. The van der Waals surface area contributed by atoms with Crippen molar-refractivity contribution in [1.82, 2.24) is 15.5 Å². The second-order valence-corrected chi connectivity index (χ2v) is 8.94. The van der Waals surface area contributed by atoms with Gasteiger partial charge in [-0.25, -0.2) is 4.79 Å². The number of benzene rings is 1. The van der Waals surface area contributed by atoms with E-state index >= 15 is 0 Å². The molecule has 0 saturated carbocycles. The Morgan fingerprint density at radius 3 is 2.34 bits per heavy atom. The molecular formula is C23H37N3O3. The number of hydrogen-bond acceptors (Lipinski definition) is 4. The van der Waals surface area contributed by atoms with Crippen molar-refractivity contribution in [1.29, 1.82) is 0 Å². The fourth-order valence-corrected chi connectivity index (χ4v) is 4.26. The van der Waals surface area contributed by atoms with Crippen molar-refractivity contribution in [2.75, 3.05) is 20.2 Å². The third kappa shape index (κ3) is 7.69. The van der Waals surface area contributed by atoms with Crippen LogP contribution in [0.2, 0.25) is 0 Å². The summed E-state index contributed by atoms with van der Waals surface area (Å²) in [6, 6.07) is 7.67. The molecule has 1 aliphatic rings. The summed E-state index contributed by atoms with van der Waals surface area (Å²) in [6.45, 7) is 12.3. The van der Waals surface area contributed by atoms with Crippen LogP contribution in [0.5, 0.6) is 0 Å². The average Bonchev–Trinajstić information content (AvgIpc) is 2.65. The van der Waals surface area contributed by atoms with Gasteiger partial charge < -0.3 is 15.4 Å². The summed E-state index contributed by atoms with van der Waals surface area (Å²) < 4.78 is 4.66. The first-order chi connectivity index (χ1) is 13.8. The van der Waals surface area contributed by atoms with Crippen LogP contribution in [0.25, 0.3) is 0 Å². The quantitative estimate of drug-likeness (QED) is 0.696. The number of ether oxygens (including phenoxy) is 1. The monoisotopic (exact) mass is 403 g/mol. The van der Waals surface area contributed by atoms with E-state index in [9.17, 15) is 9.59 Å². The van der Waals surface area contributed by atoms with Crippen LogP contribution in [-0.4, -0.2) is 43.1 Å². The van der Waals surface area contributed by atoms with Crippen LogP contribution in [-0.2, 0) is 22.6 Å². The first-order valence-electron chi connectivity index (χ1n) is 10.7. The molecule has 3 atom stereocenters. The third-order valence-electron chi connectivity index (χ3n) is 5.41. The van der Waals surface area contributed by atoms with Gasteiger partial charge in [0.1, 0.15) is 6.04 Å². The number of methoxy groups -OCH3 is 1. The molecule has 29 heavy (non-hydrogen) atoms. The van der Waals surface area contributed by atoms with Crippen LogP contribution >= 0.6 is 0 Å². The SMILES string of the molecule is COC(=O)NC(CC(C)C)C(=O)NCc1ccccc1CN1CC(C)CC(C)C1. The van der Waals surface area contributed by atoms with Crippen LogP contribution in [0.15, 0.2) is 24.3 Å². The molecule has 162 valence electrons. The molecule has 1 fully saturated rings. The third-order valence-corrected chi connectivity index (χ3v) is 5.41. The Balaban J connectivity index is 2.00. The van der Waals surface area contributed by atoms with Crippen LogP contribution in [0.3, 0.4) is 0 Å². The van der Waals surface area contributed by atoms with Crippen molar-refractivity contribution in [2.24, 2.45) is 17.8 Å². The molecule has 2 amide bonds. The lowest BCUT2D eigenvalue weighted by atomic mass is 9.91. The Bertz CT molecular complexity index is 667. The molecule has 1 saturated heterocycles. The molecule has 2 rings (SSSR count). The molecule has 1 aromatic rings. The molecule has 0 spiro atoms. The predicted octanol–water partition coefficient (Wildman–Crippen LogP) is 3.55. The number of hydrogen-bond donors (Lipinski definition) is 2. The van der Waals surface area contributed by atoms with E-state index in [0.717, 1.165) is 25.2 Å². The van der Waals surface area contributed by atoms with Gasteiger partial charge >= 0.3 is 6.09 Å². The largest absolute Gasteiger partial charge is 0.453 e. The van der Waals surface area contributed by atoms with Crippen LogP contribution in [0.1, 0.15) is 51.7 Å². The minimum absolute atomic E-state index is 0.181. The van der Waals surface area contributed by atoms with E-state index in [2.05, 4.69) is 52.3 Å². The van der Waals surface area contributed by atoms with Crippen LogP contribution in [0.4, 0.5) is 4.79 Å². The van der Waals surface area contributed by atoms with Crippen molar-refractivity contribution in [3.63, 3.8) is 0 Å². The van der Waals surface area contributed by atoms with Crippen LogP contribution < -0.4 is 10.6 Å². The molecule has 1 aromatic carbocycles. The highest BCUT2D eigenvalue weighted by molar-refractivity contribution is 5.85. The topological polar surface area (TPSA) is 70.7 Å². The van der Waals surface area contributed by atoms with Gasteiger partial charge in [0.2, 0.25) is 5.91 Å². The van der Waals surface area contributed by atoms with Gasteiger partial charge in [0, 0.05) is 26.2 Å². The molecule has 0 aliphatic carbocycles. The van der Waals surface area contributed by atoms with E-state index in [1.54, 1.807) is 0 Å². The summed E-state index contributed by atoms with van der Waals surface area (Å²) in [5.41, 5.74) is 2.36. The second-order valence-electron chi connectivity index (χ2n) is 8.94. The van der Waals surface area contributed by atoms with Gasteiger partial charge in [0.25, 0.3) is 0 Å². The normalized spacial score (nSPS) is 20.9. The molecule has 1 aliphatic heterocycles. The number of carbonyl (C=O) groups excluding carboxylic acids is 2. The standard InChI is InChI=1S/C23H37N3O3/c1-16(2)10-21(25-23(28)29-5)22(27)24-12-19-8-6-7-9-20(19)15-26-13-17(3)11-18(4)14-26/h6-9,16-18,21H,10-15H2,1-5H3,(H,24,27)(H,25,28). The summed E-state index contributed by atoms with van der Waals surface area (Å²) in [5, 5.41) is 5.64. The fraction of sp³-hybridized carbons (Fsp3) is 0.652. The summed E-state index contributed by atoms with van der Waals surface area (Å²) in [6.07, 6.45) is 1.27. The molecule has 0 bridgehead atoms. The number of nitrogens with one attached hydrogen (secondary N) is 2. The van der Waals surface area contributed by atoms with Crippen molar-refractivity contribution in [2.45, 2.75) is 59.7 Å². The van der Waals surface area contributed by atoms with Gasteiger partial charge in [0.15, 0.2) is 0 Å². The van der Waals surface area contributed by atoms with E-state index in [1.165, 1.54) is 19.1 Å². The number of carbonyl (C=O) groups is 2. The van der Waals surface area contributed by atoms with Gasteiger partial charge in [-0.1, -0.05) is 52.0 Å². The van der Waals surface area contributed by atoms with Gasteiger partial charge in [-0.15, -0.1) is 0 Å².